The van der Waals surface area contributed by atoms with Crippen LogP contribution in [-0.4, -0.2) is 48.9 Å². The van der Waals surface area contributed by atoms with Crippen LogP contribution in [-0.2, 0) is 23.2 Å². The van der Waals surface area contributed by atoms with Crippen LogP contribution >= 0.6 is 11.3 Å². The maximum atomic E-state index is 12.7. The first kappa shape index (κ1) is 30.6. The molecule has 0 aliphatic heterocycles. The van der Waals surface area contributed by atoms with Gasteiger partial charge in [-0.1, -0.05) is 32.9 Å². The average Bonchev–Trinajstić information content (AvgIpc) is 3.57. The Morgan fingerprint density at radius 3 is 2.50 bits per heavy atom. The fourth-order valence-electron chi connectivity index (χ4n) is 3.89. The van der Waals surface area contributed by atoms with Gasteiger partial charge in [0.15, 0.2) is 0 Å². The third kappa shape index (κ3) is 8.59. The summed E-state index contributed by atoms with van der Waals surface area (Å²) in [6, 6.07) is 7.89. The highest BCUT2D eigenvalue weighted by Gasteiger charge is 2.20. The number of thiazole rings is 1. The molecule has 1 aromatic carbocycles. The van der Waals surface area contributed by atoms with Gasteiger partial charge in [0.25, 0.3) is 5.91 Å². The minimum atomic E-state index is -0.543. The molecule has 0 fully saturated rings. The first-order valence-corrected chi connectivity index (χ1v) is 14.5. The summed E-state index contributed by atoms with van der Waals surface area (Å²) >= 11 is 1.43. The maximum Gasteiger partial charge on any atom is 0.407 e. The number of rotatable bonds is 9. The predicted molar refractivity (Wildman–Crippen MR) is 164 cm³/mol. The number of carbonyl (C=O) groups is 2. The van der Waals surface area contributed by atoms with E-state index in [9.17, 15) is 9.59 Å². The van der Waals surface area contributed by atoms with E-state index in [0.29, 0.717) is 30.5 Å². The van der Waals surface area contributed by atoms with Gasteiger partial charge >= 0.3 is 6.09 Å². The van der Waals surface area contributed by atoms with Crippen molar-refractivity contribution in [3.8, 4) is 11.3 Å². The van der Waals surface area contributed by atoms with E-state index in [2.05, 4.69) is 56.8 Å². The molecule has 0 bridgehead atoms. The van der Waals surface area contributed by atoms with Crippen LogP contribution in [0.5, 0.6) is 0 Å². The van der Waals surface area contributed by atoms with E-state index in [0.717, 1.165) is 33.1 Å². The standard InChI is InChI=1S/C30H38N8O3S/c1-19-14-20(8-9-21(19)15-33-25(39)24-17-34-26(42-24)29(2,3)4)23-10-11-31-27(37-23)36-22-16-35-38(18-22)13-12-32-28(40)41-30(5,6)7/h8-11,14,16-18H,12-13,15H2,1-7H3,(H,32,40)(H,33,39)(H,31,36,37). The normalized spacial score (nSPS) is 11.7. The average molecular weight is 591 g/mol. The third-order valence-electron chi connectivity index (χ3n) is 6.00. The van der Waals surface area contributed by atoms with Crippen LogP contribution in [0.3, 0.4) is 0 Å². The Morgan fingerprint density at radius 1 is 1.02 bits per heavy atom. The molecule has 3 aromatic heterocycles. The number of aryl methyl sites for hydroxylation is 1. The van der Waals surface area contributed by atoms with E-state index in [1.54, 1.807) is 23.3 Å². The van der Waals surface area contributed by atoms with Gasteiger partial charge < -0.3 is 20.7 Å². The fraction of sp³-hybridized carbons (Fsp3) is 0.400. The molecule has 4 aromatic rings. The van der Waals surface area contributed by atoms with Crippen molar-refractivity contribution < 1.29 is 14.3 Å². The second-order valence-electron chi connectivity index (χ2n) is 11.9. The number of amides is 2. The Labute approximate surface area is 250 Å². The van der Waals surface area contributed by atoms with Gasteiger partial charge in [0, 0.05) is 36.5 Å². The van der Waals surface area contributed by atoms with Crippen LogP contribution in [0.1, 0.15) is 67.3 Å². The largest absolute Gasteiger partial charge is 0.444 e. The van der Waals surface area contributed by atoms with Crippen molar-refractivity contribution in [2.75, 3.05) is 11.9 Å². The van der Waals surface area contributed by atoms with E-state index in [1.165, 1.54) is 11.3 Å². The summed E-state index contributed by atoms with van der Waals surface area (Å²) in [4.78, 5) is 38.5. The zero-order valence-electron chi connectivity index (χ0n) is 25.1. The molecule has 0 unspecified atom stereocenters. The lowest BCUT2D eigenvalue weighted by molar-refractivity contribution is 0.0525. The number of anilines is 2. The lowest BCUT2D eigenvalue weighted by Crippen LogP contribution is -2.34. The van der Waals surface area contributed by atoms with Crippen molar-refractivity contribution in [1.29, 1.82) is 0 Å². The van der Waals surface area contributed by atoms with Crippen molar-refractivity contribution in [1.82, 2.24) is 35.4 Å². The molecular formula is C30H38N8O3S. The van der Waals surface area contributed by atoms with Gasteiger partial charge in [-0.3, -0.25) is 9.48 Å². The van der Waals surface area contributed by atoms with Gasteiger partial charge in [-0.05, 0) is 51.0 Å². The van der Waals surface area contributed by atoms with Crippen LogP contribution in [0.2, 0.25) is 0 Å². The molecule has 0 saturated carbocycles. The molecule has 0 radical (unpaired) electrons. The number of nitrogens with one attached hydrogen (secondary N) is 3. The summed E-state index contributed by atoms with van der Waals surface area (Å²) in [5.74, 6) is 0.313. The Bertz CT molecular complexity index is 1550. The summed E-state index contributed by atoms with van der Waals surface area (Å²) in [7, 11) is 0. The van der Waals surface area contributed by atoms with E-state index >= 15 is 0 Å². The third-order valence-corrected chi connectivity index (χ3v) is 7.42. The molecule has 0 spiro atoms. The molecule has 4 rings (SSSR count). The van der Waals surface area contributed by atoms with Gasteiger partial charge in [0.1, 0.15) is 10.5 Å². The quantitative estimate of drug-likeness (QED) is 0.229. The highest BCUT2D eigenvalue weighted by atomic mass is 32.1. The lowest BCUT2D eigenvalue weighted by atomic mass is 9.98. The van der Waals surface area contributed by atoms with E-state index < -0.39 is 11.7 Å². The number of carbonyl (C=O) groups excluding carboxylic acids is 2. The van der Waals surface area contributed by atoms with E-state index in [-0.39, 0.29) is 11.3 Å². The maximum absolute atomic E-state index is 12.7. The van der Waals surface area contributed by atoms with Crippen LogP contribution in [0, 0.1) is 6.92 Å². The van der Waals surface area contributed by atoms with E-state index in [4.69, 9.17) is 4.74 Å². The van der Waals surface area contributed by atoms with Crippen LogP contribution in [0.25, 0.3) is 11.3 Å². The van der Waals surface area contributed by atoms with Crippen molar-refractivity contribution in [3.63, 3.8) is 0 Å². The van der Waals surface area contributed by atoms with Gasteiger partial charge in [0.2, 0.25) is 5.95 Å². The lowest BCUT2D eigenvalue weighted by Gasteiger charge is -2.19. The SMILES string of the molecule is Cc1cc(-c2ccnc(Nc3cnn(CCNC(=O)OC(C)(C)C)c3)n2)ccc1CNC(=O)c1cnc(C(C)(C)C)s1. The first-order valence-electron chi connectivity index (χ1n) is 13.7. The van der Waals surface area contributed by atoms with Gasteiger partial charge in [-0.2, -0.15) is 5.10 Å². The highest BCUT2D eigenvalue weighted by Crippen LogP contribution is 2.27. The number of nitrogens with zero attached hydrogens (tertiary/aromatic N) is 5. The van der Waals surface area contributed by atoms with Gasteiger partial charge in [0.05, 0.1) is 35.3 Å². The smallest absolute Gasteiger partial charge is 0.407 e. The summed E-state index contributed by atoms with van der Waals surface area (Å²) in [5.41, 5.74) is 3.86. The zero-order chi connectivity index (χ0) is 30.5. The van der Waals surface area contributed by atoms with Gasteiger partial charge in [-0.15, -0.1) is 11.3 Å². The molecule has 0 aliphatic carbocycles. The molecule has 0 aliphatic rings. The number of hydrogen-bond donors (Lipinski definition) is 3. The molecule has 0 atom stereocenters. The second-order valence-corrected chi connectivity index (χ2v) is 12.9. The van der Waals surface area contributed by atoms with Crippen molar-refractivity contribution in [2.24, 2.45) is 0 Å². The monoisotopic (exact) mass is 590 g/mol. The minimum absolute atomic E-state index is 0.0872. The Balaban J connectivity index is 1.33. The van der Waals surface area contributed by atoms with Crippen LogP contribution < -0.4 is 16.0 Å². The van der Waals surface area contributed by atoms with Crippen molar-refractivity contribution in [3.05, 3.63) is 70.1 Å². The predicted octanol–water partition coefficient (Wildman–Crippen LogP) is 5.60. The summed E-state index contributed by atoms with van der Waals surface area (Å²) < 4.78 is 6.95. The molecule has 0 saturated heterocycles. The first-order chi connectivity index (χ1) is 19.8. The molecule has 3 N–H and O–H groups in total. The molecule has 2 amide bonds. The highest BCUT2D eigenvalue weighted by molar-refractivity contribution is 7.13. The molecule has 222 valence electrons. The number of alkyl carbamates (subject to hydrolysis) is 1. The number of aromatic nitrogens is 5. The fourth-order valence-corrected chi connectivity index (χ4v) is 4.78. The van der Waals surface area contributed by atoms with Crippen LogP contribution in [0.15, 0.2) is 49.1 Å². The van der Waals surface area contributed by atoms with Crippen molar-refractivity contribution in [2.45, 2.75) is 72.6 Å². The molecule has 42 heavy (non-hydrogen) atoms. The molecule has 11 nitrogen and oxygen atoms in total. The Hall–Kier alpha value is -4.32. The molecule has 12 heteroatoms. The number of hydrogen-bond acceptors (Lipinski definition) is 9. The van der Waals surface area contributed by atoms with Crippen LogP contribution in [0.4, 0.5) is 16.4 Å². The molecule has 3 heterocycles. The topological polar surface area (TPSA) is 136 Å². The second kappa shape index (κ2) is 12.7. The molecular weight excluding hydrogens is 552 g/mol. The summed E-state index contributed by atoms with van der Waals surface area (Å²) in [6.45, 7) is 15.0. The van der Waals surface area contributed by atoms with E-state index in [1.807, 2.05) is 58.2 Å². The minimum Gasteiger partial charge on any atom is -0.444 e. The zero-order valence-corrected chi connectivity index (χ0v) is 25.9. The van der Waals surface area contributed by atoms with Gasteiger partial charge in [-0.25, -0.2) is 19.7 Å². The Morgan fingerprint density at radius 2 is 1.81 bits per heavy atom. The number of benzene rings is 1. The van der Waals surface area contributed by atoms with Crippen molar-refractivity contribution >= 4 is 35.0 Å². The summed E-state index contributed by atoms with van der Waals surface area (Å²) in [5, 5.41) is 14.2. The Kier molecular flexibility index (Phi) is 9.25. The number of ether oxygens (including phenoxy) is 1. The summed E-state index contributed by atoms with van der Waals surface area (Å²) in [6.07, 6.45) is 6.37.